The number of urea groups is 1. The van der Waals surface area contributed by atoms with Crippen molar-refractivity contribution in [3.05, 3.63) is 53.8 Å². The summed E-state index contributed by atoms with van der Waals surface area (Å²) in [6.45, 7) is 1.02. The van der Waals surface area contributed by atoms with E-state index in [1.807, 2.05) is 0 Å². The molecule has 0 radical (unpaired) electrons. The number of anilines is 1. The number of benzene rings is 1. The lowest BCUT2D eigenvalue weighted by atomic mass is 10.0. The third-order valence-electron chi connectivity index (χ3n) is 3.83. The third kappa shape index (κ3) is 3.29. The molecule has 8 nitrogen and oxygen atoms in total. The van der Waals surface area contributed by atoms with Gasteiger partial charge in [0.15, 0.2) is 0 Å². The number of amides is 2. The second-order valence-electron chi connectivity index (χ2n) is 5.59. The van der Waals surface area contributed by atoms with E-state index in [1.165, 1.54) is 0 Å². The molecule has 1 saturated heterocycles. The standard InChI is InChI=1S/C16H13ClN6O2/c17-11-2-1-3-12(6-11)20-16(24)23-8-10(9-23)15-21-14(22-25-15)13-7-18-4-5-19-13/h1-7,10H,8-9H2,(H,20,24). The van der Waals surface area contributed by atoms with Crippen LogP contribution in [0.15, 0.2) is 47.4 Å². The number of halogens is 1. The van der Waals surface area contributed by atoms with E-state index < -0.39 is 0 Å². The van der Waals surface area contributed by atoms with E-state index in [-0.39, 0.29) is 11.9 Å². The number of carbonyl (C=O) groups is 1. The molecular formula is C16H13ClN6O2. The maximum absolute atomic E-state index is 12.2. The largest absolute Gasteiger partial charge is 0.338 e. The Hall–Kier alpha value is -3.00. The molecule has 1 fully saturated rings. The number of aromatic nitrogens is 4. The minimum Gasteiger partial charge on any atom is -0.338 e. The van der Waals surface area contributed by atoms with Gasteiger partial charge in [-0.1, -0.05) is 22.8 Å². The first-order chi connectivity index (χ1) is 12.2. The lowest BCUT2D eigenvalue weighted by molar-refractivity contribution is 0.147. The molecule has 0 bridgehead atoms. The topological polar surface area (TPSA) is 97.0 Å². The molecule has 25 heavy (non-hydrogen) atoms. The summed E-state index contributed by atoms with van der Waals surface area (Å²) < 4.78 is 5.28. The first-order valence-electron chi connectivity index (χ1n) is 7.60. The monoisotopic (exact) mass is 356 g/mol. The lowest BCUT2D eigenvalue weighted by Crippen LogP contribution is -2.50. The molecule has 4 rings (SSSR count). The fourth-order valence-electron chi connectivity index (χ4n) is 2.49. The van der Waals surface area contributed by atoms with Gasteiger partial charge in [0.1, 0.15) is 5.69 Å². The maximum Gasteiger partial charge on any atom is 0.321 e. The molecule has 3 aromatic rings. The Kier molecular flexibility index (Phi) is 4.02. The number of carbonyl (C=O) groups excluding carboxylic acids is 1. The van der Waals surface area contributed by atoms with Gasteiger partial charge in [-0.3, -0.25) is 4.98 Å². The second-order valence-corrected chi connectivity index (χ2v) is 6.03. The molecule has 0 aliphatic carbocycles. The van der Waals surface area contributed by atoms with Gasteiger partial charge in [-0.15, -0.1) is 0 Å². The van der Waals surface area contributed by atoms with E-state index >= 15 is 0 Å². The van der Waals surface area contributed by atoms with E-state index in [1.54, 1.807) is 47.8 Å². The average Bonchev–Trinajstić information content (AvgIpc) is 3.04. The average molecular weight is 357 g/mol. The smallest absolute Gasteiger partial charge is 0.321 e. The number of hydrogen-bond acceptors (Lipinski definition) is 6. The van der Waals surface area contributed by atoms with E-state index in [2.05, 4.69) is 25.4 Å². The van der Waals surface area contributed by atoms with Gasteiger partial charge in [0.05, 0.1) is 12.1 Å². The molecule has 9 heteroatoms. The van der Waals surface area contributed by atoms with Crippen LogP contribution in [0.2, 0.25) is 5.02 Å². The zero-order chi connectivity index (χ0) is 17.2. The van der Waals surface area contributed by atoms with Crippen molar-refractivity contribution >= 4 is 23.3 Å². The second kappa shape index (κ2) is 6.48. The van der Waals surface area contributed by atoms with Crippen LogP contribution >= 0.6 is 11.6 Å². The summed E-state index contributed by atoms with van der Waals surface area (Å²) in [4.78, 5) is 26.3. The Bertz CT molecular complexity index is 894. The minimum absolute atomic E-state index is 0.0167. The molecular weight excluding hydrogens is 344 g/mol. The Morgan fingerprint density at radius 1 is 1.32 bits per heavy atom. The van der Waals surface area contributed by atoms with Gasteiger partial charge < -0.3 is 14.7 Å². The van der Waals surface area contributed by atoms with Crippen molar-refractivity contribution in [3.63, 3.8) is 0 Å². The van der Waals surface area contributed by atoms with Crippen LogP contribution in [0.4, 0.5) is 10.5 Å². The fraction of sp³-hybridized carbons (Fsp3) is 0.188. The normalized spacial score (nSPS) is 14.2. The quantitative estimate of drug-likeness (QED) is 0.775. The van der Waals surface area contributed by atoms with Crippen LogP contribution in [0.5, 0.6) is 0 Å². The van der Waals surface area contributed by atoms with E-state index in [0.29, 0.717) is 41.2 Å². The van der Waals surface area contributed by atoms with Gasteiger partial charge in [-0.25, -0.2) is 9.78 Å². The summed E-state index contributed by atoms with van der Waals surface area (Å²) in [6.07, 6.45) is 4.71. The van der Waals surface area contributed by atoms with Gasteiger partial charge in [0.2, 0.25) is 11.7 Å². The molecule has 0 unspecified atom stereocenters. The van der Waals surface area contributed by atoms with Crippen molar-refractivity contribution in [2.75, 3.05) is 18.4 Å². The van der Waals surface area contributed by atoms with Crippen molar-refractivity contribution in [2.45, 2.75) is 5.92 Å². The third-order valence-corrected chi connectivity index (χ3v) is 4.06. The highest BCUT2D eigenvalue weighted by Gasteiger charge is 2.35. The minimum atomic E-state index is -0.188. The van der Waals surface area contributed by atoms with E-state index in [9.17, 15) is 4.79 Å². The number of nitrogens with zero attached hydrogens (tertiary/aromatic N) is 5. The molecule has 1 aliphatic heterocycles. The zero-order valence-electron chi connectivity index (χ0n) is 13.0. The highest BCUT2D eigenvalue weighted by Crippen LogP contribution is 2.28. The molecule has 126 valence electrons. The van der Waals surface area contributed by atoms with E-state index in [4.69, 9.17) is 16.1 Å². The van der Waals surface area contributed by atoms with Crippen LogP contribution in [-0.2, 0) is 0 Å². The first kappa shape index (κ1) is 15.5. The molecule has 2 aromatic heterocycles. The van der Waals surface area contributed by atoms with Crippen LogP contribution < -0.4 is 5.32 Å². The van der Waals surface area contributed by atoms with Crippen LogP contribution in [0.25, 0.3) is 11.5 Å². The molecule has 3 heterocycles. The van der Waals surface area contributed by atoms with Gasteiger partial charge in [-0.2, -0.15) is 4.98 Å². The number of rotatable bonds is 3. The lowest BCUT2D eigenvalue weighted by Gasteiger charge is -2.36. The Morgan fingerprint density at radius 2 is 2.20 bits per heavy atom. The Labute approximate surface area is 147 Å². The predicted molar refractivity (Wildman–Crippen MR) is 90.1 cm³/mol. The number of hydrogen-bond donors (Lipinski definition) is 1. The van der Waals surface area contributed by atoms with Crippen molar-refractivity contribution in [1.29, 1.82) is 0 Å². The first-order valence-corrected chi connectivity index (χ1v) is 7.98. The maximum atomic E-state index is 12.2. The summed E-state index contributed by atoms with van der Waals surface area (Å²) in [5.74, 6) is 0.903. The molecule has 1 aliphatic rings. The Balaban J connectivity index is 1.36. The summed E-state index contributed by atoms with van der Waals surface area (Å²) in [5, 5.41) is 7.29. The van der Waals surface area contributed by atoms with Crippen molar-refractivity contribution < 1.29 is 9.32 Å². The van der Waals surface area contributed by atoms with Gasteiger partial charge >= 0.3 is 6.03 Å². The highest BCUT2D eigenvalue weighted by atomic mass is 35.5. The van der Waals surface area contributed by atoms with Gasteiger partial charge in [0.25, 0.3) is 0 Å². The van der Waals surface area contributed by atoms with Gasteiger partial charge in [-0.05, 0) is 18.2 Å². The summed E-state index contributed by atoms with van der Waals surface area (Å²) in [7, 11) is 0. The van der Waals surface area contributed by atoms with Crippen LogP contribution in [0.3, 0.4) is 0 Å². The highest BCUT2D eigenvalue weighted by molar-refractivity contribution is 6.30. The Morgan fingerprint density at radius 3 is 2.96 bits per heavy atom. The van der Waals surface area contributed by atoms with E-state index in [0.717, 1.165) is 0 Å². The number of likely N-dealkylation sites (tertiary alicyclic amines) is 1. The summed E-state index contributed by atoms with van der Waals surface area (Å²) >= 11 is 5.91. The van der Waals surface area contributed by atoms with Crippen LogP contribution in [-0.4, -0.2) is 44.1 Å². The molecule has 1 N–H and O–H groups in total. The molecule has 0 atom stereocenters. The SMILES string of the molecule is O=C(Nc1cccc(Cl)c1)N1CC(c2nc(-c3cnccn3)no2)C1. The molecule has 0 spiro atoms. The zero-order valence-corrected chi connectivity index (χ0v) is 13.7. The van der Waals surface area contributed by atoms with Crippen molar-refractivity contribution in [1.82, 2.24) is 25.0 Å². The molecule has 2 amide bonds. The summed E-state index contributed by atoms with van der Waals surface area (Å²) in [5.41, 5.74) is 1.20. The molecule has 0 saturated carbocycles. The van der Waals surface area contributed by atoms with Crippen molar-refractivity contribution in [2.24, 2.45) is 0 Å². The fourth-order valence-corrected chi connectivity index (χ4v) is 2.68. The predicted octanol–water partition coefficient (Wildman–Crippen LogP) is 2.81. The van der Waals surface area contributed by atoms with Gasteiger partial charge in [0, 0.05) is 36.2 Å². The van der Waals surface area contributed by atoms with Crippen LogP contribution in [0, 0.1) is 0 Å². The van der Waals surface area contributed by atoms with Crippen LogP contribution in [0.1, 0.15) is 11.8 Å². The number of nitrogens with one attached hydrogen (secondary N) is 1. The molecule has 1 aromatic carbocycles. The summed E-state index contributed by atoms with van der Waals surface area (Å²) in [6, 6.07) is 6.82. The van der Waals surface area contributed by atoms with Crippen molar-refractivity contribution in [3.8, 4) is 11.5 Å².